The third kappa shape index (κ3) is 3.50. The lowest BCUT2D eigenvalue weighted by Crippen LogP contribution is -2.57. The number of benzene rings is 1. The van der Waals surface area contributed by atoms with Crippen molar-refractivity contribution >= 4 is 27.8 Å². The molecule has 11 heteroatoms. The Labute approximate surface area is 181 Å². The zero-order valence-electron chi connectivity index (χ0n) is 18.1. The molecule has 31 heavy (non-hydrogen) atoms. The first-order chi connectivity index (χ1) is 14.5. The van der Waals surface area contributed by atoms with Gasteiger partial charge in [0.15, 0.2) is 0 Å². The maximum absolute atomic E-state index is 13.0. The Hall–Kier alpha value is -2.50. The molecule has 2 heterocycles. The number of nitrogens with zero attached hydrogens (tertiary/aromatic N) is 2. The highest BCUT2D eigenvalue weighted by Crippen LogP contribution is 2.45. The van der Waals surface area contributed by atoms with Gasteiger partial charge >= 0.3 is 5.97 Å². The van der Waals surface area contributed by atoms with Crippen molar-refractivity contribution in [1.82, 2.24) is 14.5 Å². The molecule has 170 valence electrons. The number of likely N-dealkylation sites (tertiary alicyclic amines) is 1. The van der Waals surface area contributed by atoms with Gasteiger partial charge in [-0.1, -0.05) is 6.92 Å². The Morgan fingerprint density at radius 3 is 2.32 bits per heavy atom. The van der Waals surface area contributed by atoms with Crippen LogP contribution in [0.25, 0.3) is 0 Å². The van der Waals surface area contributed by atoms with Gasteiger partial charge in [0.1, 0.15) is 11.3 Å². The van der Waals surface area contributed by atoms with Crippen LogP contribution in [0.5, 0.6) is 5.75 Å². The number of carbonyl (C=O) groups is 3. The molecule has 2 amide bonds. The van der Waals surface area contributed by atoms with Gasteiger partial charge < -0.3 is 9.47 Å². The third-order valence-corrected chi connectivity index (χ3v) is 8.15. The molecular formula is C20H27N3O7S. The first kappa shape index (κ1) is 23.2. The molecule has 2 saturated heterocycles. The molecule has 1 aromatic carbocycles. The SMILES string of the molecule is CC[C@@]1(C(=O)OC)N[C@H](CN(C)S(=O)(=O)c2ccc(OC)cc2)[C@@H]2C(=O)N(C)C(=O)[C@@H]21. The molecule has 3 rings (SSSR count). The monoisotopic (exact) mass is 453 g/mol. The van der Waals surface area contributed by atoms with E-state index in [0.29, 0.717) is 5.75 Å². The van der Waals surface area contributed by atoms with E-state index in [2.05, 4.69) is 5.32 Å². The quantitative estimate of drug-likeness (QED) is 0.446. The predicted octanol–water partition coefficient (Wildman–Crippen LogP) is -0.160. The van der Waals surface area contributed by atoms with Gasteiger partial charge in [0.2, 0.25) is 21.8 Å². The Morgan fingerprint density at radius 1 is 1.19 bits per heavy atom. The van der Waals surface area contributed by atoms with Gasteiger partial charge in [0.25, 0.3) is 0 Å². The van der Waals surface area contributed by atoms with Crippen molar-refractivity contribution < 1.29 is 32.3 Å². The topological polar surface area (TPSA) is 122 Å². The van der Waals surface area contributed by atoms with E-state index in [-0.39, 0.29) is 17.9 Å². The average Bonchev–Trinajstić information content (AvgIpc) is 3.22. The van der Waals surface area contributed by atoms with Crippen LogP contribution in [-0.2, 0) is 29.1 Å². The number of amides is 2. The number of carbonyl (C=O) groups excluding carboxylic acids is 3. The van der Waals surface area contributed by atoms with Crippen molar-refractivity contribution in [2.24, 2.45) is 11.8 Å². The first-order valence-corrected chi connectivity index (χ1v) is 11.3. The smallest absolute Gasteiger partial charge is 0.326 e. The summed E-state index contributed by atoms with van der Waals surface area (Å²) in [6, 6.07) is 5.19. The van der Waals surface area contributed by atoms with Crippen LogP contribution in [0.4, 0.5) is 0 Å². The number of hydrogen-bond donors (Lipinski definition) is 1. The lowest BCUT2D eigenvalue weighted by molar-refractivity contribution is -0.154. The Morgan fingerprint density at radius 2 is 1.81 bits per heavy atom. The van der Waals surface area contributed by atoms with Gasteiger partial charge in [-0.3, -0.25) is 24.6 Å². The van der Waals surface area contributed by atoms with Crippen LogP contribution in [0, 0.1) is 11.8 Å². The maximum Gasteiger partial charge on any atom is 0.326 e. The number of imide groups is 1. The zero-order valence-corrected chi connectivity index (χ0v) is 18.9. The largest absolute Gasteiger partial charge is 0.497 e. The van der Waals surface area contributed by atoms with E-state index in [1.165, 1.54) is 52.6 Å². The molecule has 0 radical (unpaired) electrons. The summed E-state index contributed by atoms with van der Waals surface area (Å²) in [5, 5.41) is 3.09. The molecule has 0 aromatic heterocycles. The summed E-state index contributed by atoms with van der Waals surface area (Å²) in [5.74, 6) is -2.87. The Kier molecular flexibility index (Phi) is 6.14. The van der Waals surface area contributed by atoms with E-state index in [1.807, 2.05) is 0 Å². The molecule has 4 atom stereocenters. The number of ether oxygens (including phenoxy) is 2. The minimum absolute atomic E-state index is 0.0611. The lowest BCUT2D eigenvalue weighted by atomic mass is 9.78. The zero-order chi connectivity index (χ0) is 23.1. The van der Waals surface area contributed by atoms with Crippen molar-refractivity contribution in [3.63, 3.8) is 0 Å². The van der Waals surface area contributed by atoms with Crippen LogP contribution in [-0.4, -0.2) is 81.8 Å². The molecule has 0 unspecified atom stereocenters. The summed E-state index contributed by atoms with van der Waals surface area (Å²) in [7, 11) is 1.58. The lowest BCUT2D eigenvalue weighted by Gasteiger charge is -2.31. The van der Waals surface area contributed by atoms with Gasteiger partial charge in [-0.15, -0.1) is 0 Å². The molecule has 0 bridgehead atoms. The first-order valence-electron chi connectivity index (χ1n) is 9.83. The second kappa shape index (κ2) is 8.21. The predicted molar refractivity (Wildman–Crippen MR) is 110 cm³/mol. The number of sulfonamides is 1. The van der Waals surface area contributed by atoms with Gasteiger partial charge in [-0.25, -0.2) is 8.42 Å². The third-order valence-electron chi connectivity index (χ3n) is 6.31. The van der Waals surface area contributed by atoms with Crippen molar-refractivity contribution in [3.8, 4) is 5.75 Å². The molecule has 10 nitrogen and oxygen atoms in total. The molecule has 1 aromatic rings. The van der Waals surface area contributed by atoms with Crippen molar-refractivity contribution in [2.75, 3.05) is 34.9 Å². The van der Waals surface area contributed by atoms with Gasteiger partial charge in [-0.05, 0) is 30.7 Å². The summed E-state index contributed by atoms with van der Waals surface area (Å²) in [5.41, 5.74) is -1.40. The summed E-state index contributed by atoms with van der Waals surface area (Å²) in [6.45, 7) is 1.61. The molecule has 1 N–H and O–H groups in total. The maximum atomic E-state index is 13.0. The number of rotatable bonds is 7. The van der Waals surface area contributed by atoms with E-state index in [1.54, 1.807) is 6.92 Å². The fourth-order valence-corrected chi connectivity index (χ4v) is 5.76. The number of hydrogen-bond acceptors (Lipinski definition) is 8. The number of likely N-dealkylation sites (N-methyl/N-ethyl adjacent to an activating group) is 1. The van der Waals surface area contributed by atoms with Crippen LogP contribution in [0.3, 0.4) is 0 Å². The minimum Gasteiger partial charge on any atom is -0.497 e. The molecule has 2 aliphatic heterocycles. The number of nitrogens with one attached hydrogen (secondary N) is 1. The highest BCUT2D eigenvalue weighted by atomic mass is 32.2. The van der Waals surface area contributed by atoms with E-state index >= 15 is 0 Å². The Balaban J connectivity index is 1.93. The van der Waals surface area contributed by atoms with Crippen LogP contribution in [0.15, 0.2) is 29.2 Å². The Bertz CT molecular complexity index is 995. The summed E-state index contributed by atoms with van der Waals surface area (Å²) >= 11 is 0. The standard InChI is InChI=1S/C20H27N3O7S/c1-6-20(19(26)30-5)16-15(17(24)23(3)18(16)25)14(21-20)11-22(2)31(27,28)13-9-7-12(29-4)8-10-13/h7-10,14-16,21H,6,11H2,1-5H3/t14-,15+,16-,20-/m1/s1. The highest BCUT2D eigenvalue weighted by molar-refractivity contribution is 7.89. The molecule has 0 saturated carbocycles. The highest BCUT2D eigenvalue weighted by Gasteiger charge is 2.67. The van der Waals surface area contributed by atoms with Crippen LogP contribution < -0.4 is 10.1 Å². The summed E-state index contributed by atoms with van der Waals surface area (Å²) in [6.07, 6.45) is 0.207. The van der Waals surface area contributed by atoms with Gasteiger partial charge in [0, 0.05) is 26.7 Å². The van der Waals surface area contributed by atoms with Crippen LogP contribution in [0.2, 0.25) is 0 Å². The fourth-order valence-electron chi connectivity index (χ4n) is 4.57. The van der Waals surface area contributed by atoms with E-state index in [9.17, 15) is 22.8 Å². The molecule has 0 spiro atoms. The molecule has 2 fully saturated rings. The number of methoxy groups -OCH3 is 2. The summed E-state index contributed by atoms with van der Waals surface area (Å²) in [4.78, 5) is 39.4. The fraction of sp³-hybridized carbons (Fsp3) is 0.550. The van der Waals surface area contributed by atoms with E-state index in [0.717, 1.165) is 9.21 Å². The number of fused-ring (bicyclic) bond motifs is 1. The van der Waals surface area contributed by atoms with Crippen LogP contribution in [0.1, 0.15) is 13.3 Å². The summed E-state index contributed by atoms with van der Waals surface area (Å²) < 4.78 is 37.2. The molecular weight excluding hydrogens is 426 g/mol. The van der Waals surface area contributed by atoms with Crippen molar-refractivity contribution in [2.45, 2.75) is 29.8 Å². The molecule has 0 aliphatic carbocycles. The van der Waals surface area contributed by atoms with Crippen LogP contribution >= 0.6 is 0 Å². The second-order valence-electron chi connectivity index (χ2n) is 7.77. The molecule has 2 aliphatic rings. The van der Waals surface area contributed by atoms with E-state index in [4.69, 9.17) is 9.47 Å². The van der Waals surface area contributed by atoms with Gasteiger partial charge in [-0.2, -0.15) is 4.31 Å². The average molecular weight is 454 g/mol. The van der Waals surface area contributed by atoms with E-state index < -0.39 is 51.2 Å². The normalized spacial score (nSPS) is 28.2. The van der Waals surface area contributed by atoms with Crippen molar-refractivity contribution in [3.05, 3.63) is 24.3 Å². The van der Waals surface area contributed by atoms with Gasteiger partial charge in [0.05, 0.1) is 31.0 Å². The number of esters is 1. The second-order valence-corrected chi connectivity index (χ2v) is 9.81. The van der Waals surface area contributed by atoms with Crippen molar-refractivity contribution in [1.29, 1.82) is 0 Å². The minimum atomic E-state index is -3.88.